The molecule has 0 aliphatic rings. The molecule has 2 aromatic rings. The molecule has 1 aromatic heterocycles. The molecule has 2 N–H and O–H groups in total. The summed E-state index contributed by atoms with van der Waals surface area (Å²) in [5.74, 6) is -0.575. The Kier molecular flexibility index (Phi) is 5.33. The third-order valence-corrected chi connectivity index (χ3v) is 3.52. The number of rotatable bonds is 5. The van der Waals surface area contributed by atoms with E-state index in [0.717, 1.165) is 0 Å². The molecule has 0 saturated carbocycles. The second-order valence-corrected chi connectivity index (χ2v) is 5.91. The molecule has 7 heteroatoms. The number of aryl methyl sites for hydroxylation is 1. The topological polar surface area (TPSA) is 84.2 Å². The van der Waals surface area contributed by atoms with E-state index in [1.165, 1.54) is 18.2 Å². The summed E-state index contributed by atoms with van der Waals surface area (Å²) in [4.78, 5) is 24.3. The lowest BCUT2D eigenvalue weighted by Crippen LogP contribution is -2.41. The van der Waals surface area contributed by atoms with Gasteiger partial charge in [-0.05, 0) is 37.6 Å². The van der Waals surface area contributed by atoms with E-state index in [-0.39, 0.29) is 17.4 Å². The van der Waals surface area contributed by atoms with Gasteiger partial charge in [0.25, 0.3) is 5.91 Å². The molecule has 0 spiro atoms. The first kappa shape index (κ1) is 17.7. The van der Waals surface area contributed by atoms with Crippen LogP contribution in [0.25, 0.3) is 0 Å². The van der Waals surface area contributed by atoms with Gasteiger partial charge in [0.2, 0.25) is 5.91 Å². The number of carbonyl (C=O) groups excluding carboxylic acids is 2. The summed E-state index contributed by atoms with van der Waals surface area (Å²) < 4.78 is 18.1. The lowest BCUT2D eigenvalue weighted by atomic mass is 10.1. The first-order chi connectivity index (χ1) is 11.3. The summed E-state index contributed by atoms with van der Waals surface area (Å²) in [6.07, 6.45) is 0. The highest BCUT2D eigenvalue weighted by molar-refractivity contribution is 6.00. The van der Waals surface area contributed by atoms with E-state index in [4.69, 9.17) is 4.52 Å². The van der Waals surface area contributed by atoms with Gasteiger partial charge in [0.1, 0.15) is 17.6 Å². The fourth-order valence-corrected chi connectivity index (χ4v) is 2.01. The molecule has 1 heterocycles. The number of halogens is 1. The largest absolute Gasteiger partial charge is 0.360 e. The van der Waals surface area contributed by atoms with Gasteiger partial charge in [-0.1, -0.05) is 19.0 Å². The smallest absolute Gasteiger partial charge is 0.274 e. The standard InChI is InChI=1S/C17H20FN3O3/c1-9(2)15-8-14(21-24-15)17(23)19-11(4)16(22)20-13-6-5-12(18)7-10(13)3/h5-9,11H,1-4H3,(H,19,23)(H,20,22)/t11-/m1/s1. The third kappa shape index (κ3) is 4.18. The first-order valence-electron chi connectivity index (χ1n) is 7.62. The average Bonchev–Trinajstić information content (AvgIpc) is 3.00. The third-order valence-electron chi connectivity index (χ3n) is 3.52. The van der Waals surface area contributed by atoms with E-state index in [2.05, 4.69) is 15.8 Å². The van der Waals surface area contributed by atoms with Crippen LogP contribution in [0.5, 0.6) is 0 Å². The van der Waals surface area contributed by atoms with Crippen molar-refractivity contribution in [2.24, 2.45) is 0 Å². The molecule has 24 heavy (non-hydrogen) atoms. The summed E-state index contributed by atoms with van der Waals surface area (Å²) in [6.45, 7) is 7.08. The fraction of sp³-hybridized carbons (Fsp3) is 0.353. The summed E-state index contributed by atoms with van der Waals surface area (Å²) in [5.41, 5.74) is 1.21. The van der Waals surface area contributed by atoms with Gasteiger partial charge < -0.3 is 15.2 Å². The molecule has 6 nitrogen and oxygen atoms in total. The maximum Gasteiger partial charge on any atom is 0.274 e. The van der Waals surface area contributed by atoms with Crippen molar-refractivity contribution in [3.8, 4) is 0 Å². The number of benzene rings is 1. The minimum Gasteiger partial charge on any atom is -0.360 e. The molecular formula is C17H20FN3O3. The zero-order chi connectivity index (χ0) is 17.9. The predicted octanol–water partition coefficient (Wildman–Crippen LogP) is 3.00. The van der Waals surface area contributed by atoms with Gasteiger partial charge >= 0.3 is 0 Å². The molecule has 2 rings (SSSR count). The van der Waals surface area contributed by atoms with Crippen LogP contribution in [-0.4, -0.2) is 23.0 Å². The molecule has 0 aliphatic heterocycles. The van der Waals surface area contributed by atoms with E-state index < -0.39 is 17.9 Å². The van der Waals surface area contributed by atoms with Crippen LogP contribution in [0.3, 0.4) is 0 Å². The van der Waals surface area contributed by atoms with Crippen LogP contribution in [0, 0.1) is 12.7 Å². The van der Waals surface area contributed by atoms with Crippen molar-refractivity contribution in [2.75, 3.05) is 5.32 Å². The van der Waals surface area contributed by atoms with Crippen molar-refractivity contribution in [3.05, 3.63) is 47.1 Å². The molecular weight excluding hydrogens is 313 g/mol. The number of hydrogen-bond donors (Lipinski definition) is 2. The van der Waals surface area contributed by atoms with Crippen molar-refractivity contribution < 1.29 is 18.5 Å². The van der Waals surface area contributed by atoms with Crippen molar-refractivity contribution >= 4 is 17.5 Å². The Bertz CT molecular complexity index is 755. The van der Waals surface area contributed by atoms with Crippen molar-refractivity contribution in [1.82, 2.24) is 10.5 Å². The van der Waals surface area contributed by atoms with E-state index in [0.29, 0.717) is 17.0 Å². The van der Waals surface area contributed by atoms with Gasteiger partial charge in [-0.3, -0.25) is 9.59 Å². The van der Waals surface area contributed by atoms with Crippen molar-refractivity contribution in [2.45, 2.75) is 39.7 Å². The van der Waals surface area contributed by atoms with Crippen molar-refractivity contribution in [3.63, 3.8) is 0 Å². The molecule has 2 amide bonds. The summed E-state index contributed by atoms with van der Waals surface area (Å²) in [6, 6.07) is 4.82. The van der Waals surface area contributed by atoms with Crippen LogP contribution in [0.2, 0.25) is 0 Å². The minimum absolute atomic E-state index is 0.112. The zero-order valence-electron chi connectivity index (χ0n) is 14.0. The monoisotopic (exact) mass is 333 g/mol. The van der Waals surface area contributed by atoms with Crippen LogP contribution in [0.1, 0.15) is 48.5 Å². The van der Waals surface area contributed by atoms with Gasteiger partial charge in [-0.25, -0.2) is 4.39 Å². The highest BCUT2D eigenvalue weighted by atomic mass is 19.1. The van der Waals surface area contributed by atoms with Crippen LogP contribution in [-0.2, 0) is 4.79 Å². The molecule has 1 atom stereocenters. The summed E-state index contributed by atoms with van der Waals surface area (Å²) in [7, 11) is 0. The SMILES string of the molecule is Cc1cc(F)ccc1NC(=O)[C@@H](C)NC(=O)c1cc(C(C)C)on1. The molecule has 0 radical (unpaired) electrons. The number of nitrogens with one attached hydrogen (secondary N) is 2. The number of anilines is 1. The Morgan fingerprint density at radius 2 is 1.92 bits per heavy atom. The first-order valence-corrected chi connectivity index (χ1v) is 7.62. The second-order valence-electron chi connectivity index (χ2n) is 5.91. The molecule has 0 fully saturated rings. The number of hydrogen-bond acceptors (Lipinski definition) is 4. The van der Waals surface area contributed by atoms with Crippen LogP contribution < -0.4 is 10.6 Å². The lowest BCUT2D eigenvalue weighted by Gasteiger charge is -2.14. The van der Waals surface area contributed by atoms with Gasteiger partial charge in [-0.15, -0.1) is 0 Å². The average molecular weight is 333 g/mol. The molecule has 1 aromatic carbocycles. The van der Waals surface area contributed by atoms with Gasteiger partial charge in [0.15, 0.2) is 5.69 Å². The second kappa shape index (κ2) is 7.25. The Hall–Kier alpha value is -2.70. The van der Waals surface area contributed by atoms with Crippen LogP contribution in [0.15, 0.2) is 28.8 Å². The van der Waals surface area contributed by atoms with E-state index in [9.17, 15) is 14.0 Å². The maximum absolute atomic E-state index is 13.1. The number of aromatic nitrogens is 1. The Balaban J connectivity index is 1.98. The maximum atomic E-state index is 13.1. The number of nitrogens with zero attached hydrogens (tertiary/aromatic N) is 1. The minimum atomic E-state index is -0.791. The molecule has 0 unspecified atom stereocenters. The number of carbonyl (C=O) groups is 2. The van der Waals surface area contributed by atoms with Gasteiger partial charge in [0.05, 0.1) is 0 Å². The van der Waals surface area contributed by atoms with E-state index >= 15 is 0 Å². The molecule has 0 bridgehead atoms. The highest BCUT2D eigenvalue weighted by Gasteiger charge is 2.20. The lowest BCUT2D eigenvalue weighted by molar-refractivity contribution is -0.117. The predicted molar refractivity (Wildman–Crippen MR) is 87.3 cm³/mol. The molecule has 0 aliphatic carbocycles. The Morgan fingerprint density at radius 3 is 2.50 bits per heavy atom. The zero-order valence-corrected chi connectivity index (χ0v) is 14.0. The van der Waals surface area contributed by atoms with E-state index in [1.807, 2.05) is 13.8 Å². The van der Waals surface area contributed by atoms with Crippen LogP contribution in [0.4, 0.5) is 10.1 Å². The van der Waals surface area contributed by atoms with E-state index in [1.54, 1.807) is 19.9 Å². The van der Waals surface area contributed by atoms with Gasteiger partial charge in [-0.2, -0.15) is 0 Å². The highest BCUT2D eigenvalue weighted by Crippen LogP contribution is 2.16. The number of amides is 2. The summed E-state index contributed by atoms with van der Waals surface area (Å²) >= 11 is 0. The normalized spacial score (nSPS) is 12.1. The quantitative estimate of drug-likeness (QED) is 0.881. The fourth-order valence-electron chi connectivity index (χ4n) is 2.01. The Morgan fingerprint density at radius 1 is 1.21 bits per heavy atom. The Labute approximate surface area is 139 Å². The molecule has 0 saturated heterocycles. The van der Waals surface area contributed by atoms with Crippen molar-refractivity contribution in [1.29, 1.82) is 0 Å². The molecule has 128 valence electrons. The van der Waals surface area contributed by atoms with Gasteiger partial charge in [0, 0.05) is 17.7 Å². The summed E-state index contributed by atoms with van der Waals surface area (Å²) in [5, 5.41) is 8.90. The van der Waals surface area contributed by atoms with Crippen LogP contribution >= 0.6 is 0 Å².